The molecule has 0 radical (unpaired) electrons. The zero-order valence-corrected chi connectivity index (χ0v) is 18.7. The summed E-state index contributed by atoms with van der Waals surface area (Å²) in [5, 5.41) is 13.6. The number of anilines is 1. The lowest BCUT2D eigenvalue weighted by atomic mass is 9.77. The lowest BCUT2D eigenvalue weighted by Gasteiger charge is -2.36. The summed E-state index contributed by atoms with van der Waals surface area (Å²) in [6.45, 7) is 8.39. The number of nitrogens with zero attached hydrogens (tertiary/aromatic N) is 6. The maximum atomic E-state index is 9.41. The Hall–Kier alpha value is -3.00. The molecule has 4 aromatic rings. The van der Waals surface area contributed by atoms with E-state index in [1.54, 1.807) is 10.7 Å². The molecule has 4 heterocycles. The first-order chi connectivity index (χ1) is 14.8. The van der Waals surface area contributed by atoms with E-state index < -0.39 is 0 Å². The van der Waals surface area contributed by atoms with Crippen molar-refractivity contribution < 1.29 is 5.11 Å². The highest BCUT2D eigenvalue weighted by Crippen LogP contribution is 2.35. The molecule has 0 aliphatic heterocycles. The number of aryl methyl sites for hydroxylation is 1. The van der Waals surface area contributed by atoms with Crippen LogP contribution in [0.3, 0.4) is 0 Å². The van der Waals surface area contributed by atoms with E-state index >= 15 is 0 Å². The van der Waals surface area contributed by atoms with Crippen molar-refractivity contribution in [3.8, 4) is 11.3 Å². The summed E-state index contributed by atoms with van der Waals surface area (Å²) < 4.78 is 3.86. The molecule has 8 heteroatoms. The number of pyridine rings is 1. The maximum Gasteiger partial charge on any atom is 0.238 e. The fourth-order valence-electron chi connectivity index (χ4n) is 4.29. The minimum absolute atomic E-state index is 0.227. The highest BCUT2D eigenvalue weighted by Gasteiger charge is 2.32. The van der Waals surface area contributed by atoms with Crippen molar-refractivity contribution in [3.63, 3.8) is 0 Å². The third-order valence-corrected chi connectivity index (χ3v) is 5.94. The molecule has 31 heavy (non-hydrogen) atoms. The van der Waals surface area contributed by atoms with Crippen LogP contribution >= 0.6 is 0 Å². The first-order valence-electron chi connectivity index (χ1n) is 11.0. The quantitative estimate of drug-likeness (QED) is 0.508. The number of hydrogen-bond acceptors (Lipinski definition) is 6. The Morgan fingerprint density at radius 2 is 1.97 bits per heavy atom. The van der Waals surface area contributed by atoms with Crippen LogP contribution in [0.5, 0.6) is 0 Å². The zero-order valence-electron chi connectivity index (χ0n) is 18.7. The van der Waals surface area contributed by atoms with Gasteiger partial charge in [-0.3, -0.25) is 0 Å². The van der Waals surface area contributed by atoms with Crippen LogP contribution < -0.4 is 5.73 Å². The summed E-state index contributed by atoms with van der Waals surface area (Å²) in [6.07, 6.45) is 9.02. The van der Waals surface area contributed by atoms with Crippen LogP contribution in [0.1, 0.15) is 64.7 Å². The monoisotopic (exact) mass is 421 g/mol. The molecule has 164 valence electrons. The standard InChI is InChI=1S/C16H17N7.C7H14O/c1-9(2)23-10(3)19-13-5-4-12(20-15(13)23)11-6-7-22-14(11)8-18-16(17)21-22;1-2-4-7(8)5-3-6-7/h4-9H,1-3H3,(H2,17,21);8H,2-6H2,1H3. The molecule has 1 saturated carbocycles. The molecular weight excluding hydrogens is 390 g/mol. The summed E-state index contributed by atoms with van der Waals surface area (Å²) in [6, 6.07) is 6.26. The van der Waals surface area contributed by atoms with Crippen molar-refractivity contribution in [2.45, 2.75) is 71.4 Å². The smallest absolute Gasteiger partial charge is 0.238 e. The van der Waals surface area contributed by atoms with Crippen LogP contribution in [-0.4, -0.2) is 39.8 Å². The number of imidazole rings is 1. The van der Waals surface area contributed by atoms with Crippen LogP contribution in [0.25, 0.3) is 27.9 Å². The summed E-state index contributed by atoms with van der Waals surface area (Å²) in [5.41, 5.74) is 9.92. The van der Waals surface area contributed by atoms with Crippen LogP contribution in [0.15, 0.2) is 30.6 Å². The van der Waals surface area contributed by atoms with Crippen molar-refractivity contribution >= 4 is 22.6 Å². The van der Waals surface area contributed by atoms with Gasteiger partial charge in [0, 0.05) is 17.8 Å². The number of fused-ring (bicyclic) bond motifs is 2. The van der Waals surface area contributed by atoms with Gasteiger partial charge >= 0.3 is 0 Å². The van der Waals surface area contributed by atoms with Gasteiger partial charge in [-0.25, -0.2) is 19.5 Å². The van der Waals surface area contributed by atoms with E-state index in [2.05, 4.69) is 40.4 Å². The van der Waals surface area contributed by atoms with Gasteiger partial charge in [-0.05, 0) is 64.7 Å². The van der Waals surface area contributed by atoms with Gasteiger partial charge in [0.1, 0.15) is 11.3 Å². The number of nitrogens with two attached hydrogens (primary N) is 1. The second-order valence-electron chi connectivity index (χ2n) is 8.67. The fraction of sp³-hybridized carbons (Fsp3) is 0.478. The van der Waals surface area contributed by atoms with Crippen LogP contribution in [0, 0.1) is 6.92 Å². The predicted molar refractivity (Wildman–Crippen MR) is 123 cm³/mol. The molecule has 1 aliphatic rings. The topological polar surface area (TPSA) is 107 Å². The average Bonchev–Trinajstić information content (AvgIpc) is 3.26. The Kier molecular flexibility index (Phi) is 5.66. The van der Waals surface area contributed by atoms with Crippen LogP contribution in [0.4, 0.5) is 5.95 Å². The lowest BCUT2D eigenvalue weighted by molar-refractivity contribution is -0.0405. The second-order valence-corrected chi connectivity index (χ2v) is 8.67. The summed E-state index contributed by atoms with van der Waals surface area (Å²) in [7, 11) is 0. The lowest BCUT2D eigenvalue weighted by Crippen LogP contribution is -2.36. The van der Waals surface area contributed by atoms with Crippen molar-refractivity contribution in [3.05, 3.63) is 36.4 Å². The number of rotatable bonds is 4. The molecule has 5 rings (SSSR count). The van der Waals surface area contributed by atoms with E-state index in [4.69, 9.17) is 10.7 Å². The molecule has 0 aromatic carbocycles. The Balaban J connectivity index is 0.000000245. The van der Waals surface area contributed by atoms with Crippen molar-refractivity contribution in [2.75, 3.05) is 5.73 Å². The third kappa shape index (κ3) is 4.12. The second kappa shape index (κ2) is 8.26. The van der Waals surface area contributed by atoms with Gasteiger partial charge in [0.15, 0.2) is 5.65 Å². The Labute approximate surface area is 182 Å². The van der Waals surface area contributed by atoms with Gasteiger partial charge in [0.05, 0.1) is 23.0 Å². The minimum Gasteiger partial charge on any atom is -0.390 e. The average molecular weight is 422 g/mol. The van der Waals surface area contributed by atoms with Gasteiger partial charge in [-0.2, -0.15) is 0 Å². The van der Waals surface area contributed by atoms with E-state index in [9.17, 15) is 5.11 Å². The maximum absolute atomic E-state index is 9.41. The summed E-state index contributed by atoms with van der Waals surface area (Å²) >= 11 is 0. The molecule has 0 saturated heterocycles. The predicted octanol–water partition coefficient (Wildman–Crippen LogP) is 4.31. The van der Waals surface area contributed by atoms with Gasteiger partial charge in [-0.15, -0.1) is 5.10 Å². The Morgan fingerprint density at radius 3 is 2.58 bits per heavy atom. The molecule has 0 unspecified atom stereocenters. The van der Waals surface area contributed by atoms with Crippen molar-refractivity contribution in [1.82, 2.24) is 29.1 Å². The van der Waals surface area contributed by atoms with E-state index in [0.717, 1.165) is 59.4 Å². The molecule has 0 bridgehead atoms. The Morgan fingerprint density at radius 1 is 1.19 bits per heavy atom. The summed E-state index contributed by atoms with van der Waals surface area (Å²) in [5.74, 6) is 1.22. The fourth-order valence-corrected chi connectivity index (χ4v) is 4.29. The van der Waals surface area contributed by atoms with Crippen molar-refractivity contribution in [2.24, 2.45) is 0 Å². The van der Waals surface area contributed by atoms with E-state index in [-0.39, 0.29) is 11.5 Å². The first-order valence-corrected chi connectivity index (χ1v) is 11.0. The molecule has 1 fully saturated rings. The molecule has 0 amide bonds. The van der Waals surface area contributed by atoms with Crippen LogP contribution in [0.2, 0.25) is 0 Å². The molecular formula is C23H31N7O. The number of hydrogen-bond donors (Lipinski definition) is 2. The third-order valence-electron chi connectivity index (χ3n) is 5.94. The van der Waals surface area contributed by atoms with Gasteiger partial charge in [-0.1, -0.05) is 13.3 Å². The SMILES string of the molecule is CCCC1(O)CCC1.Cc1nc2ccc(-c3ccn4nc(N)ncc34)nc2n1C(C)C. The van der Waals surface area contributed by atoms with E-state index in [0.29, 0.717) is 6.04 Å². The van der Waals surface area contributed by atoms with E-state index in [1.807, 2.05) is 31.3 Å². The zero-order chi connectivity index (χ0) is 22.2. The summed E-state index contributed by atoms with van der Waals surface area (Å²) in [4.78, 5) is 13.5. The van der Waals surface area contributed by atoms with Gasteiger partial charge in [0.25, 0.3) is 0 Å². The molecule has 8 nitrogen and oxygen atoms in total. The number of aliphatic hydroxyl groups is 1. The van der Waals surface area contributed by atoms with Crippen molar-refractivity contribution in [1.29, 1.82) is 0 Å². The van der Waals surface area contributed by atoms with Crippen LogP contribution in [-0.2, 0) is 0 Å². The van der Waals surface area contributed by atoms with Gasteiger partial charge in [0.2, 0.25) is 5.95 Å². The highest BCUT2D eigenvalue weighted by molar-refractivity contribution is 5.82. The molecule has 4 aromatic heterocycles. The first kappa shape index (κ1) is 21.2. The van der Waals surface area contributed by atoms with Gasteiger partial charge < -0.3 is 15.4 Å². The minimum atomic E-state index is -0.227. The molecule has 0 spiro atoms. The Bertz CT molecular complexity index is 1200. The highest BCUT2D eigenvalue weighted by atomic mass is 16.3. The largest absolute Gasteiger partial charge is 0.390 e. The number of aromatic nitrogens is 6. The van der Waals surface area contributed by atoms with E-state index in [1.165, 1.54) is 6.42 Å². The molecule has 3 N–H and O–H groups in total. The molecule has 1 aliphatic carbocycles. The normalized spacial score (nSPS) is 15.2. The molecule has 0 atom stereocenters. The number of nitrogen functional groups attached to an aromatic ring is 1.